The zero-order valence-corrected chi connectivity index (χ0v) is 26.2. The molecule has 10 nitrogen and oxygen atoms in total. The smallest absolute Gasteiger partial charge is 0.230 e. The quantitative estimate of drug-likeness (QED) is 0.355. The van der Waals surface area contributed by atoms with Crippen molar-refractivity contribution >= 4 is 34.9 Å². The van der Waals surface area contributed by atoms with Gasteiger partial charge in [-0.3, -0.25) is 19.9 Å². The number of amides is 2. The van der Waals surface area contributed by atoms with E-state index in [2.05, 4.69) is 49.6 Å². The molecule has 42 heavy (non-hydrogen) atoms. The third-order valence-electron chi connectivity index (χ3n) is 9.06. The number of amidine groups is 1. The Hall–Kier alpha value is -2.56. The number of hydrogen-bond acceptors (Lipinski definition) is 8. The predicted molar refractivity (Wildman–Crippen MR) is 166 cm³/mol. The third kappa shape index (κ3) is 7.32. The number of halogens is 1. The standard InChI is InChI=1S/C31H48ClN7O3/c1-22(2)42-20-6-14-38-30(41)25-7-4-5-8-26(25)39-28(34-35-31(38)39)11-12-29(40)33-13-15-36-16-18-37(19-17-36)27-21-24(32)10-9-23(27)3/h9-10,21-22,25-26,31,35H,4-8,11-20H2,1-3H3,(H,33,40). The fourth-order valence-corrected chi connectivity index (χ4v) is 6.99. The molecule has 2 N–H and O–H groups in total. The number of nitrogens with one attached hydrogen (secondary N) is 2. The first kappa shape index (κ1) is 30.9. The van der Waals surface area contributed by atoms with Crippen molar-refractivity contribution in [2.75, 3.05) is 57.3 Å². The lowest BCUT2D eigenvalue weighted by atomic mass is 9.80. The Kier molecular flexibility index (Phi) is 10.5. The molecule has 2 amide bonds. The number of carbonyl (C=O) groups is 2. The van der Waals surface area contributed by atoms with Gasteiger partial charge in [-0.15, -0.1) is 0 Å². The summed E-state index contributed by atoms with van der Waals surface area (Å²) in [6.07, 6.45) is 5.80. The second-order valence-electron chi connectivity index (χ2n) is 12.3. The van der Waals surface area contributed by atoms with Gasteiger partial charge in [0.15, 0.2) is 6.29 Å². The fourth-order valence-electron chi connectivity index (χ4n) is 6.83. The van der Waals surface area contributed by atoms with Crippen molar-refractivity contribution in [3.05, 3.63) is 28.8 Å². The number of benzene rings is 1. The van der Waals surface area contributed by atoms with Gasteiger partial charge in [0.05, 0.1) is 12.0 Å². The van der Waals surface area contributed by atoms with Crippen LogP contribution in [0.25, 0.3) is 0 Å². The topological polar surface area (TPSA) is 92.7 Å². The molecule has 3 heterocycles. The second kappa shape index (κ2) is 14.3. The molecule has 4 aliphatic rings. The van der Waals surface area contributed by atoms with Crippen LogP contribution in [-0.2, 0) is 14.3 Å². The normalized spacial score (nSPS) is 24.4. The summed E-state index contributed by atoms with van der Waals surface area (Å²) in [5.74, 6) is 1.18. The highest BCUT2D eigenvalue weighted by atomic mass is 35.5. The van der Waals surface area contributed by atoms with Crippen molar-refractivity contribution in [2.24, 2.45) is 11.0 Å². The first-order valence-electron chi connectivity index (χ1n) is 15.8. The van der Waals surface area contributed by atoms with E-state index < -0.39 is 0 Å². The summed E-state index contributed by atoms with van der Waals surface area (Å²) in [5.41, 5.74) is 5.69. The van der Waals surface area contributed by atoms with E-state index in [-0.39, 0.29) is 36.2 Å². The molecule has 0 spiro atoms. The molecule has 1 aliphatic carbocycles. The van der Waals surface area contributed by atoms with Gasteiger partial charge >= 0.3 is 0 Å². The summed E-state index contributed by atoms with van der Waals surface area (Å²) in [7, 11) is 0. The van der Waals surface area contributed by atoms with Gasteiger partial charge in [0, 0.05) is 82.0 Å². The minimum Gasteiger partial charge on any atom is -0.379 e. The van der Waals surface area contributed by atoms with E-state index in [1.54, 1.807) is 0 Å². The fraction of sp³-hybridized carbons (Fsp3) is 0.710. The SMILES string of the molecule is Cc1ccc(Cl)cc1N1CCN(CCNC(=O)CCC2=NNC3N(CCCOC(C)C)C(=O)C4CCCCC4N23)CC1. The van der Waals surface area contributed by atoms with Gasteiger partial charge in [0.1, 0.15) is 5.84 Å². The molecule has 0 aromatic heterocycles. The molecule has 1 aromatic carbocycles. The van der Waals surface area contributed by atoms with E-state index in [0.717, 1.165) is 75.7 Å². The number of nitrogens with zero attached hydrogens (tertiary/aromatic N) is 5. The average Bonchev–Trinajstić information content (AvgIpc) is 3.41. The Morgan fingerprint density at radius 3 is 2.74 bits per heavy atom. The van der Waals surface area contributed by atoms with Crippen LogP contribution in [0.1, 0.15) is 64.4 Å². The monoisotopic (exact) mass is 601 g/mol. The number of carbonyl (C=O) groups excluding carboxylic acids is 2. The number of fused-ring (bicyclic) bond motifs is 3. The molecule has 1 saturated carbocycles. The minimum atomic E-state index is -0.261. The summed E-state index contributed by atoms with van der Waals surface area (Å²) in [4.78, 5) is 35.3. The van der Waals surface area contributed by atoms with Gasteiger partial charge in [0.25, 0.3) is 0 Å². The maximum absolute atomic E-state index is 13.5. The van der Waals surface area contributed by atoms with Crippen molar-refractivity contribution in [1.29, 1.82) is 0 Å². The summed E-state index contributed by atoms with van der Waals surface area (Å²) >= 11 is 6.23. The third-order valence-corrected chi connectivity index (χ3v) is 9.29. The molecule has 0 bridgehead atoms. The van der Waals surface area contributed by atoms with Gasteiger partial charge in [-0.05, 0) is 57.7 Å². The molecule has 1 aromatic rings. The number of rotatable bonds is 12. The number of piperazine rings is 1. The summed E-state index contributed by atoms with van der Waals surface area (Å²) in [5, 5.41) is 8.54. The van der Waals surface area contributed by atoms with Crippen molar-refractivity contribution in [3.8, 4) is 0 Å². The molecular formula is C31H48ClN7O3. The Morgan fingerprint density at radius 1 is 1.17 bits per heavy atom. The first-order chi connectivity index (χ1) is 20.3. The highest BCUT2D eigenvalue weighted by Gasteiger charge is 2.50. The van der Waals surface area contributed by atoms with Crippen molar-refractivity contribution in [1.82, 2.24) is 25.4 Å². The zero-order chi connectivity index (χ0) is 29.6. The van der Waals surface area contributed by atoms with E-state index in [0.29, 0.717) is 32.5 Å². The van der Waals surface area contributed by atoms with Gasteiger partial charge in [-0.25, -0.2) is 0 Å². The molecule has 3 unspecified atom stereocenters. The largest absolute Gasteiger partial charge is 0.379 e. The molecule has 232 valence electrons. The van der Waals surface area contributed by atoms with Crippen LogP contribution in [0.4, 0.5) is 5.69 Å². The maximum Gasteiger partial charge on any atom is 0.230 e. The van der Waals surface area contributed by atoms with Crippen molar-refractivity contribution in [3.63, 3.8) is 0 Å². The molecule has 3 atom stereocenters. The van der Waals surface area contributed by atoms with Crippen LogP contribution >= 0.6 is 11.6 Å². The van der Waals surface area contributed by atoms with Crippen molar-refractivity contribution < 1.29 is 14.3 Å². The molecule has 3 fully saturated rings. The molecule has 11 heteroatoms. The summed E-state index contributed by atoms with van der Waals surface area (Å²) in [6, 6.07) is 6.22. The van der Waals surface area contributed by atoms with E-state index in [4.69, 9.17) is 16.3 Å². The van der Waals surface area contributed by atoms with Gasteiger partial charge in [-0.2, -0.15) is 5.10 Å². The second-order valence-corrected chi connectivity index (χ2v) is 12.7. The Balaban J connectivity index is 1.06. The lowest BCUT2D eigenvalue weighted by Gasteiger charge is -2.50. The molecule has 2 saturated heterocycles. The zero-order valence-electron chi connectivity index (χ0n) is 25.5. The lowest BCUT2D eigenvalue weighted by molar-refractivity contribution is -0.155. The number of hydrogen-bond donors (Lipinski definition) is 2. The predicted octanol–water partition coefficient (Wildman–Crippen LogP) is 3.39. The average molecular weight is 602 g/mol. The van der Waals surface area contributed by atoms with Crippen LogP contribution in [0.3, 0.4) is 0 Å². The number of aryl methyl sites for hydroxylation is 1. The summed E-state index contributed by atoms with van der Waals surface area (Å²) in [6.45, 7) is 12.7. The van der Waals surface area contributed by atoms with E-state index in [1.807, 2.05) is 24.8 Å². The number of anilines is 1. The Bertz CT molecular complexity index is 1120. The van der Waals surface area contributed by atoms with Crippen LogP contribution in [0, 0.1) is 12.8 Å². The van der Waals surface area contributed by atoms with E-state index >= 15 is 0 Å². The molecule has 5 rings (SSSR count). The number of hydrazone groups is 1. The minimum absolute atomic E-state index is 0.00297. The van der Waals surface area contributed by atoms with E-state index in [1.165, 1.54) is 11.3 Å². The van der Waals surface area contributed by atoms with Crippen molar-refractivity contribution in [2.45, 2.75) is 84.2 Å². The van der Waals surface area contributed by atoms with Gasteiger partial charge in [-0.1, -0.05) is 30.5 Å². The summed E-state index contributed by atoms with van der Waals surface area (Å²) < 4.78 is 5.72. The maximum atomic E-state index is 13.5. The van der Waals surface area contributed by atoms with Crippen LogP contribution < -0.4 is 15.6 Å². The van der Waals surface area contributed by atoms with Gasteiger partial charge < -0.3 is 24.8 Å². The first-order valence-corrected chi connectivity index (χ1v) is 16.2. The molecule has 3 aliphatic heterocycles. The molecular weight excluding hydrogens is 554 g/mol. The molecule has 0 radical (unpaired) electrons. The van der Waals surface area contributed by atoms with E-state index in [9.17, 15) is 9.59 Å². The van der Waals surface area contributed by atoms with Crippen LogP contribution in [0.5, 0.6) is 0 Å². The highest BCUT2D eigenvalue weighted by molar-refractivity contribution is 6.30. The van der Waals surface area contributed by atoms with Crippen LogP contribution in [-0.4, -0.2) is 103 Å². The highest BCUT2D eigenvalue weighted by Crippen LogP contribution is 2.38. The van der Waals surface area contributed by atoms with Crippen LogP contribution in [0.15, 0.2) is 23.3 Å². The van der Waals surface area contributed by atoms with Crippen LogP contribution in [0.2, 0.25) is 5.02 Å². The van der Waals surface area contributed by atoms with Gasteiger partial charge in [0.2, 0.25) is 11.8 Å². The lowest BCUT2D eigenvalue weighted by Crippen LogP contribution is -2.67. The Morgan fingerprint density at radius 2 is 1.95 bits per heavy atom. The Labute approximate surface area is 255 Å². The number of ether oxygens (including phenoxy) is 1.